The first-order valence-electron chi connectivity index (χ1n) is 6.80. The van der Waals surface area contributed by atoms with Crippen LogP contribution in [-0.2, 0) is 11.2 Å². The van der Waals surface area contributed by atoms with Gasteiger partial charge in [0.1, 0.15) is 0 Å². The fourth-order valence-electron chi connectivity index (χ4n) is 1.87. The topological polar surface area (TPSA) is 70.2 Å². The molecule has 0 spiro atoms. The number of amides is 3. The highest BCUT2D eigenvalue weighted by Gasteiger charge is 2.07. The van der Waals surface area contributed by atoms with E-state index in [-0.39, 0.29) is 18.4 Å². The van der Waals surface area contributed by atoms with Gasteiger partial charge in [0, 0.05) is 18.4 Å². The molecule has 0 saturated heterocycles. The second-order valence-corrected chi connectivity index (χ2v) is 5.57. The smallest absolute Gasteiger partial charge is 0.318 e. The largest absolute Gasteiger partial charge is 0.341 e. The Morgan fingerprint density at radius 3 is 2.09 bits per heavy atom. The van der Waals surface area contributed by atoms with Gasteiger partial charge >= 0.3 is 6.03 Å². The zero-order valence-electron chi connectivity index (χ0n) is 12.3. The summed E-state index contributed by atoms with van der Waals surface area (Å²) in [6.45, 7) is 0. The number of carbonyl (C=O) groups excluding carboxylic acids is 2. The highest BCUT2D eigenvalue weighted by molar-refractivity contribution is 6.42. The molecular formula is C16H15Cl2N3O2. The second-order valence-electron chi connectivity index (χ2n) is 4.75. The van der Waals surface area contributed by atoms with Crippen molar-refractivity contribution in [2.24, 2.45) is 0 Å². The van der Waals surface area contributed by atoms with Crippen molar-refractivity contribution in [2.75, 3.05) is 17.7 Å². The van der Waals surface area contributed by atoms with Crippen LogP contribution in [0.2, 0.25) is 10.0 Å². The maximum atomic E-state index is 12.0. The number of anilines is 2. The molecule has 0 aliphatic rings. The van der Waals surface area contributed by atoms with E-state index in [1.165, 1.54) is 7.05 Å². The molecule has 0 heterocycles. The Labute approximate surface area is 144 Å². The van der Waals surface area contributed by atoms with E-state index in [0.717, 1.165) is 5.56 Å². The van der Waals surface area contributed by atoms with Crippen LogP contribution in [0.1, 0.15) is 5.56 Å². The van der Waals surface area contributed by atoms with Crippen molar-refractivity contribution in [1.29, 1.82) is 0 Å². The van der Waals surface area contributed by atoms with E-state index >= 15 is 0 Å². The first-order valence-corrected chi connectivity index (χ1v) is 7.56. The molecule has 0 radical (unpaired) electrons. The summed E-state index contributed by atoms with van der Waals surface area (Å²) < 4.78 is 0. The van der Waals surface area contributed by atoms with Gasteiger partial charge in [-0.25, -0.2) is 4.79 Å². The summed E-state index contributed by atoms with van der Waals surface area (Å²) in [5.74, 6) is -0.171. The van der Waals surface area contributed by atoms with Crippen LogP contribution in [0.3, 0.4) is 0 Å². The third-order valence-corrected chi connectivity index (χ3v) is 3.74. The second kappa shape index (κ2) is 7.85. The van der Waals surface area contributed by atoms with Crippen molar-refractivity contribution in [3.8, 4) is 0 Å². The maximum Gasteiger partial charge on any atom is 0.318 e. The van der Waals surface area contributed by atoms with Gasteiger partial charge in [-0.05, 0) is 42.0 Å². The van der Waals surface area contributed by atoms with Gasteiger partial charge in [0.25, 0.3) is 0 Å². The maximum absolute atomic E-state index is 12.0. The Balaban J connectivity index is 1.94. The van der Waals surface area contributed by atoms with Crippen LogP contribution in [0.25, 0.3) is 0 Å². The lowest BCUT2D eigenvalue weighted by Gasteiger charge is -2.08. The first kappa shape index (κ1) is 17.1. The van der Waals surface area contributed by atoms with Gasteiger partial charge in [-0.3, -0.25) is 4.79 Å². The van der Waals surface area contributed by atoms with E-state index in [9.17, 15) is 9.59 Å². The van der Waals surface area contributed by atoms with E-state index in [1.807, 2.05) is 0 Å². The molecular weight excluding hydrogens is 337 g/mol. The monoisotopic (exact) mass is 351 g/mol. The van der Waals surface area contributed by atoms with Crippen molar-refractivity contribution < 1.29 is 9.59 Å². The van der Waals surface area contributed by atoms with E-state index in [2.05, 4.69) is 16.0 Å². The molecule has 2 aromatic rings. The number of rotatable bonds is 4. The molecule has 120 valence electrons. The number of nitrogens with one attached hydrogen (secondary N) is 3. The van der Waals surface area contributed by atoms with Gasteiger partial charge in [0.05, 0.1) is 16.5 Å². The van der Waals surface area contributed by atoms with Crippen molar-refractivity contribution >= 4 is 46.5 Å². The minimum absolute atomic E-state index is 0.171. The van der Waals surface area contributed by atoms with Gasteiger partial charge in [0.2, 0.25) is 5.91 Å². The van der Waals surface area contributed by atoms with Crippen molar-refractivity contribution in [3.05, 3.63) is 58.1 Å². The Morgan fingerprint density at radius 1 is 0.913 bits per heavy atom. The zero-order valence-corrected chi connectivity index (χ0v) is 13.8. The molecule has 2 rings (SSSR count). The number of urea groups is 1. The average molecular weight is 352 g/mol. The average Bonchev–Trinajstić information content (AvgIpc) is 2.52. The number of benzene rings is 2. The minimum Gasteiger partial charge on any atom is -0.341 e. The van der Waals surface area contributed by atoms with Crippen LogP contribution >= 0.6 is 23.2 Å². The molecule has 0 aliphatic carbocycles. The molecule has 0 atom stereocenters. The van der Waals surface area contributed by atoms with Crippen molar-refractivity contribution in [3.63, 3.8) is 0 Å². The van der Waals surface area contributed by atoms with Crippen LogP contribution in [0.5, 0.6) is 0 Å². The van der Waals surface area contributed by atoms with E-state index in [1.54, 1.807) is 42.5 Å². The quantitative estimate of drug-likeness (QED) is 0.780. The highest BCUT2D eigenvalue weighted by Crippen LogP contribution is 2.23. The van der Waals surface area contributed by atoms with Crippen LogP contribution in [0.15, 0.2) is 42.5 Å². The molecule has 0 unspecified atom stereocenters. The van der Waals surface area contributed by atoms with Gasteiger partial charge in [-0.2, -0.15) is 0 Å². The van der Waals surface area contributed by atoms with E-state index in [4.69, 9.17) is 23.2 Å². The summed E-state index contributed by atoms with van der Waals surface area (Å²) in [4.78, 5) is 23.2. The van der Waals surface area contributed by atoms with Crippen LogP contribution < -0.4 is 16.0 Å². The number of carbonyl (C=O) groups is 2. The normalized spacial score (nSPS) is 10.0. The molecule has 2 aromatic carbocycles. The Hall–Kier alpha value is -2.24. The predicted molar refractivity (Wildman–Crippen MR) is 93.3 cm³/mol. The van der Waals surface area contributed by atoms with Gasteiger partial charge in [0.15, 0.2) is 0 Å². The summed E-state index contributed by atoms with van der Waals surface area (Å²) in [7, 11) is 1.53. The van der Waals surface area contributed by atoms with Crippen LogP contribution in [0.4, 0.5) is 16.2 Å². The van der Waals surface area contributed by atoms with Gasteiger partial charge in [-0.15, -0.1) is 0 Å². The molecule has 5 nitrogen and oxygen atoms in total. The van der Waals surface area contributed by atoms with E-state index < -0.39 is 0 Å². The fourth-order valence-corrected chi connectivity index (χ4v) is 2.19. The standard InChI is InChI=1S/C16H15Cl2N3O2/c1-19-16(23)21-12-5-3-11(4-6-12)20-15(22)9-10-2-7-13(17)14(18)8-10/h2-8H,9H2,1H3,(H,20,22)(H2,19,21,23). The summed E-state index contributed by atoms with van der Waals surface area (Å²) in [5.41, 5.74) is 2.04. The number of hydrogen-bond acceptors (Lipinski definition) is 2. The highest BCUT2D eigenvalue weighted by atomic mass is 35.5. The summed E-state index contributed by atoms with van der Waals surface area (Å²) in [6.07, 6.45) is 0.190. The predicted octanol–water partition coefficient (Wildman–Crippen LogP) is 3.93. The van der Waals surface area contributed by atoms with Gasteiger partial charge < -0.3 is 16.0 Å². The molecule has 0 bridgehead atoms. The van der Waals surface area contributed by atoms with E-state index in [0.29, 0.717) is 21.4 Å². The third-order valence-electron chi connectivity index (χ3n) is 3.00. The molecule has 0 fully saturated rings. The molecule has 23 heavy (non-hydrogen) atoms. The first-order chi connectivity index (χ1) is 11.0. The molecule has 0 aliphatic heterocycles. The van der Waals surface area contributed by atoms with Crippen LogP contribution in [0, 0.1) is 0 Å². The lowest BCUT2D eigenvalue weighted by atomic mass is 10.1. The summed E-state index contributed by atoms with van der Waals surface area (Å²) >= 11 is 11.8. The van der Waals surface area contributed by atoms with Gasteiger partial charge in [-0.1, -0.05) is 29.3 Å². The lowest BCUT2D eigenvalue weighted by molar-refractivity contribution is -0.115. The fraction of sp³-hybridized carbons (Fsp3) is 0.125. The molecule has 7 heteroatoms. The Kier molecular flexibility index (Phi) is 5.84. The van der Waals surface area contributed by atoms with Crippen molar-refractivity contribution in [2.45, 2.75) is 6.42 Å². The molecule has 3 N–H and O–H groups in total. The van der Waals surface area contributed by atoms with Crippen LogP contribution in [-0.4, -0.2) is 19.0 Å². The Morgan fingerprint density at radius 2 is 1.52 bits per heavy atom. The van der Waals surface area contributed by atoms with Crippen molar-refractivity contribution in [1.82, 2.24) is 5.32 Å². The number of halogens is 2. The Bertz CT molecular complexity index is 718. The summed E-state index contributed by atoms with van der Waals surface area (Å²) in [6, 6.07) is 11.6. The molecule has 0 saturated carbocycles. The summed E-state index contributed by atoms with van der Waals surface area (Å²) in [5, 5.41) is 8.74. The number of hydrogen-bond donors (Lipinski definition) is 3. The zero-order chi connectivity index (χ0) is 16.8. The minimum atomic E-state index is -0.304. The lowest BCUT2D eigenvalue weighted by Crippen LogP contribution is -2.24. The molecule has 3 amide bonds. The SMILES string of the molecule is CNC(=O)Nc1ccc(NC(=O)Cc2ccc(Cl)c(Cl)c2)cc1. The third kappa shape index (κ3) is 5.16. The molecule has 0 aromatic heterocycles.